The lowest BCUT2D eigenvalue weighted by Gasteiger charge is -2.34. The first kappa shape index (κ1) is 15.8. The van der Waals surface area contributed by atoms with Crippen molar-refractivity contribution >= 4 is 21.7 Å². The maximum Gasteiger partial charge on any atom is 0.303 e. The number of anilines is 1. The third-order valence-corrected chi connectivity index (χ3v) is 5.70. The molecule has 0 spiro atoms. The van der Waals surface area contributed by atoms with Crippen molar-refractivity contribution in [2.45, 2.75) is 19.8 Å². The van der Waals surface area contributed by atoms with Gasteiger partial charge in [-0.05, 0) is 30.9 Å². The van der Waals surface area contributed by atoms with Gasteiger partial charge in [0.15, 0.2) is 0 Å². The van der Waals surface area contributed by atoms with Gasteiger partial charge < -0.3 is 5.73 Å². The van der Waals surface area contributed by atoms with Gasteiger partial charge in [-0.25, -0.2) is 0 Å². The summed E-state index contributed by atoms with van der Waals surface area (Å²) in [7, 11) is -2.08. The molecule has 2 rings (SSSR count). The second-order valence-electron chi connectivity index (χ2n) is 5.51. The maximum atomic E-state index is 12.7. The number of benzene rings is 1. The lowest BCUT2D eigenvalue weighted by Crippen LogP contribution is -2.46. The topological polar surface area (TPSA) is 90.5 Å². The second kappa shape index (κ2) is 6.03. The van der Waals surface area contributed by atoms with Gasteiger partial charge >= 0.3 is 10.2 Å². The van der Waals surface area contributed by atoms with E-state index in [1.807, 2.05) is 0 Å². The minimum Gasteiger partial charge on any atom is -0.384 e. The molecule has 0 bridgehead atoms. The Hall–Kier alpha value is -1.60. The summed E-state index contributed by atoms with van der Waals surface area (Å²) in [6.07, 6.45) is 1.93. The monoisotopic (exact) mass is 310 g/mol. The molecule has 0 saturated carbocycles. The molecular formula is C14H22N4O2S. The summed E-state index contributed by atoms with van der Waals surface area (Å²) in [4.78, 5) is 0. The van der Waals surface area contributed by atoms with E-state index in [9.17, 15) is 8.42 Å². The predicted octanol–water partition coefficient (Wildman–Crippen LogP) is 1.38. The molecule has 1 aliphatic rings. The van der Waals surface area contributed by atoms with Gasteiger partial charge in [0.05, 0.1) is 5.69 Å². The number of piperidine rings is 1. The highest BCUT2D eigenvalue weighted by Gasteiger charge is 2.31. The number of nitrogens with two attached hydrogens (primary N) is 1. The van der Waals surface area contributed by atoms with Crippen LogP contribution in [0.5, 0.6) is 0 Å². The van der Waals surface area contributed by atoms with Crippen LogP contribution in [-0.4, -0.2) is 38.7 Å². The molecular weight excluding hydrogens is 288 g/mol. The van der Waals surface area contributed by atoms with Crippen LogP contribution in [0.1, 0.15) is 25.3 Å². The molecule has 1 atom stereocenters. The number of nitrogens with zero attached hydrogens (tertiary/aromatic N) is 2. The standard InChI is InChI=1S/C14H22N4O2S/c1-11-6-5-9-18(10-11)21(19,20)17(2)13-8-4-3-7-12(13)14(15)16/h3-4,7-8,11H,5-6,9-10H2,1-2H3,(H3,15,16). The quantitative estimate of drug-likeness (QED) is 0.650. The first-order valence-corrected chi connectivity index (χ1v) is 8.41. The molecule has 1 aromatic rings. The van der Waals surface area contributed by atoms with Gasteiger partial charge in [0.25, 0.3) is 0 Å². The zero-order valence-electron chi connectivity index (χ0n) is 12.4. The molecule has 1 unspecified atom stereocenters. The molecule has 3 N–H and O–H groups in total. The van der Waals surface area contributed by atoms with E-state index in [0.29, 0.717) is 30.3 Å². The van der Waals surface area contributed by atoms with Crippen LogP contribution in [-0.2, 0) is 10.2 Å². The molecule has 1 aliphatic heterocycles. The van der Waals surface area contributed by atoms with Crippen LogP contribution in [0, 0.1) is 11.3 Å². The number of rotatable bonds is 4. The van der Waals surface area contributed by atoms with E-state index in [1.165, 1.54) is 15.7 Å². The third-order valence-electron chi connectivity index (χ3n) is 3.83. The van der Waals surface area contributed by atoms with Gasteiger partial charge in [-0.3, -0.25) is 9.71 Å². The Kier molecular flexibility index (Phi) is 4.53. The highest BCUT2D eigenvalue weighted by Crippen LogP contribution is 2.26. The lowest BCUT2D eigenvalue weighted by molar-refractivity contribution is 0.281. The molecule has 0 amide bonds. The van der Waals surface area contributed by atoms with Crippen molar-refractivity contribution in [3.05, 3.63) is 29.8 Å². The van der Waals surface area contributed by atoms with E-state index in [1.54, 1.807) is 24.3 Å². The molecule has 116 valence electrons. The molecule has 21 heavy (non-hydrogen) atoms. The van der Waals surface area contributed by atoms with E-state index < -0.39 is 10.2 Å². The summed E-state index contributed by atoms with van der Waals surface area (Å²) in [6.45, 7) is 3.14. The fraction of sp³-hybridized carbons (Fsp3) is 0.500. The Morgan fingerprint density at radius 2 is 2.10 bits per heavy atom. The fourth-order valence-electron chi connectivity index (χ4n) is 2.63. The number of hydrogen-bond donors (Lipinski definition) is 2. The van der Waals surface area contributed by atoms with E-state index in [2.05, 4.69) is 6.92 Å². The Labute approximate surface area is 126 Å². The largest absolute Gasteiger partial charge is 0.384 e. The lowest BCUT2D eigenvalue weighted by atomic mass is 10.0. The van der Waals surface area contributed by atoms with E-state index in [4.69, 9.17) is 11.1 Å². The van der Waals surface area contributed by atoms with Crippen molar-refractivity contribution in [3.63, 3.8) is 0 Å². The van der Waals surface area contributed by atoms with Crippen LogP contribution < -0.4 is 10.0 Å². The molecule has 1 saturated heterocycles. The van der Waals surface area contributed by atoms with Crippen molar-refractivity contribution in [2.24, 2.45) is 11.7 Å². The van der Waals surface area contributed by atoms with Gasteiger partial charge in [-0.1, -0.05) is 19.1 Å². The van der Waals surface area contributed by atoms with Crippen molar-refractivity contribution in [3.8, 4) is 0 Å². The summed E-state index contributed by atoms with van der Waals surface area (Å²) in [5.41, 5.74) is 6.40. The molecule has 0 aromatic heterocycles. The first-order chi connectivity index (χ1) is 9.84. The van der Waals surface area contributed by atoms with Crippen molar-refractivity contribution in [2.75, 3.05) is 24.4 Å². The van der Waals surface area contributed by atoms with Crippen molar-refractivity contribution in [1.29, 1.82) is 5.41 Å². The number of hydrogen-bond acceptors (Lipinski definition) is 3. The smallest absolute Gasteiger partial charge is 0.303 e. The van der Waals surface area contributed by atoms with Crippen LogP contribution in [0.25, 0.3) is 0 Å². The zero-order valence-corrected chi connectivity index (χ0v) is 13.2. The van der Waals surface area contributed by atoms with E-state index in [0.717, 1.165) is 12.8 Å². The van der Waals surface area contributed by atoms with E-state index >= 15 is 0 Å². The molecule has 1 aromatic carbocycles. The van der Waals surface area contributed by atoms with Crippen LogP contribution in [0.4, 0.5) is 5.69 Å². The van der Waals surface area contributed by atoms with Crippen LogP contribution in [0.15, 0.2) is 24.3 Å². The first-order valence-electron chi connectivity index (χ1n) is 7.01. The zero-order chi connectivity index (χ0) is 15.6. The SMILES string of the molecule is CC1CCCN(S(=O)(=O)N(C)c2ccccc2C(=N)N)C1. The van der Waals surface area contributed by atoms with Crippen LogP contribution in [0.2, 0.25) is 0 Å². The summed E-state index contributed by atoms with van der Waals surface area (Å²) in [6, 6.07) is 6.81. The van der Waals surface area contributed by atoms with Gasteiger partial charge in [0.2, 0.25) is 0 Å². The third kappa shape index (κ3) is 3.19. The Morgan fingerprint density at radius 3 is 2.71 bits per heavy atom. The molecule has 0 radical (unpaired) electrons. The molecule has 1 heterocycles. The number of nitrogen functional groups attached to an aromatic ring is 1. The predicted molar refractivity (Wildman–Crippen MR) is 84.8 cm³/mol. The Morgan fingerprint density at radius 1 is 1.43 bits per heavy atom. The van der Waals surface area contributed by atoms with Crippen molar-refractivity contribution < 1.29 is 8.42 Å². The summed E-state index contributed by atoms with van der Waals surface area (Å²) >= 11 is 0. The molecule has 7 heteroatoms. The van der Waals surface area contributed by atoms with Crippen LogP contribution >= 0.6 is 0 Å². The van der Waals surface area contributed by atoms with Gasteiger partial charge in [-0.2, -0.15) is 12.7 Å². The minimum atomic E-state index is -3.59. The second-order valence-corrected chi connectivity index (χ2v) is 7.47. The van der Waals surface area contributed by atoms with Gasteiger partial charge in [0, 0.05) is 25.7 Å². The average Bonchev–Trinajstić information content (AvgIpc) is 2.46. The highest BCUT2D eigenvalue weighted by atomic mass is 32.2. The molecule has 1 fully saturated rings. The van der Waals surface area contributed by atoms with E-state index in [-0.39, 0.29) is 5.84 Å². The summed E-state index contributed by atoms with van der Waals surface area (Å²) < 4.78 is 28.2. The average molecular weight is 310 g/mol. The van der Waals surface area contributed by atoms with Gasteiger partial charge in [-0.15, -0.1) is 0 Å². The normalized spacial score (nSPS) is 20.2. The number of para-hydroxylation sites is 1. The Balaban J connectivity index is 2.34. The highest BCUT2D eigenvalue weighted by molar-refractivity contribution is 7.90. The molecule has 6 nitrogen and oxygen atoms in total. The minimum absolute atomic E-state index is 0.139. The fourth-order valence-corrected chi connectivity index (χ4v) is 4.19. The van der Waals surface area contributed by atoms with Crippen LogP contribution in [0.3, 0.4) is 0 Å². The number of nitrogens with one attached hydrogen (secondary N) is 1. The van der Waals surface area contributed by atoms with Crippen molar-refractivity contribution in [1.82, 2.24) is 4.31 Å². The Bertz CT molecular complexity index is 630. The molecule has 0 aliphatic carbocycles. The maximum absolute atomic E-state index is 12.7. The summed E-state index contributed by atoms with van der Waals surface area (Å²) in [5.74, 6) is 0.227. The summed E-state index contributed by atoms with van der Waals surface area (Å²) in [5, 5.41) is 7.59. The van der Waals surface area contributed by atoms with Gasteiger partial charge in [0.1, 0.15) is 5.84 Å². The number of amidine groups is 1.